The first-order valence-corrected chi connectivity index (χ1v) is 8.67. The van der Waals surface area contributed by atoms with Gasteiger partial charge in [0.2, 0.25) is 0 Å². The molecule has 0 aliphatic carbocycles. The van der Waals surface area contributed by atoms with E-state index in [0.29, 0.717) is 18.9 Å². The summed E-state index contributed by atoms with van der Waals surface area (Å²) < 4.78 is 1.80. The molecule has 22 heavy (non-hydrogen) atoms. The number of imidazole rings is 1. The van der Waals surface area contributed by atoms with Crippen LogP contribution in [0.25, 0.3) is 0 Å². The van der Waals surface area contributed by atoms with Gasteiger partial charge < -0.3 is 14.8 Å². The summed E-state index contributed by atoms with van der Waals surface area (Å²) >= 11 is 0. The molecule has 1 aromatic heterocycles. The molecule has 128 valence electrons. The summed E-state index contributed by atoms with van der Waals surface area (Å²) in [5.41, 5.74) is -1.04. The minimum absolute atomic E-state index is 0.386. The monoisotopic (exact) mass is 310 g/mol. The van der Waals surface area contributed by atoms with Crippen molar-refractivity contribution in [2.24, 2.45) is 11.8 Å². The smallest absolute Gasteiger partial charge is 0.100 e. The van der Waals surface area contributed by atoms with Crippen LogP contribution < -0.4 is 0 Å². The molecule has 0 saturated heterocycles. The molecule has 0 aliphatic heterocycles. The molecule has 1 heterocycles. The molecule has 1 aromatic rings. The summed E-state index contributed by atoms with van der Waals surface area (Å²) in [5.74, 6) is 1.48. The molecule has 1 rings (SSSR count). The first-order chi connectivity index (χ1) is 10.3. The summed E-state index contributed by atoms with van der Waals surface area (Å²) in [6.07, 6.45) is 10.9. The van der Waals surface area contributed by atoms with Crippen molar-refractivity contribution in [1.82, 2.24) is 9.55 Å². The second kappa shape index (κ2) is 9.31. The van der Waals surface area contributed by atoms with Crippen LogP contribution in [0.4, 0.5) is 0 Å². The van der Waals surface area contributed by atoms with Gasteiger partial charge in [-0.1, -0.05) is 52.9 Å². The zero-order valence-corrected chi connectivity index (χ0v) is 14.7. The molecule has 3 atom stereocenters. The van der Waals surface area contributed by atoms with Crippen LogP contribution in [0.15, 0.2) is 18.7 Å². The molecule has 4 heteroatoms. The fourth-order valence-corrected chi connectivity index (χ4v) is 2.79. The highest BCUT2D eigenvalue weighted by Gasteiger charge is 2.30. The number of aliphatic hydroxyl groups excluding tert-OH is 1. The lowest BCUT2D eigenvalue weighted by atomic mass is 9.89. The largest absolute Gasteiger partial charge is 0.388 e. The molecule has 0 fully saturated rings. The Kier molecular flexibility index (Phi) is 8.12. The van der Waals surface area contributed by atoms with Crippen molar-refractivity contribution in [3.63, 3.8) is 0 Å². The standard InChI is InChI=1S/C18H34N2O2/c1-15(2)7-5-8-16(3)9-6-10-18(4,22)17(21)13-20-12-11-19-14-20/h11-12,14-17,21-22H,5-10,13H2,1-4H3. The average molecular weight is 310 g/mol. The molecule has 0 bridgehead atoms. The average Bonchev–Trinajstić information content (AvgIpc) is 2.90. The van der Waals surface area contributed by atoms with Gasteiger partial charge in [0, 0.05) is 12.4 Å². The van der Waals surface area contributed by atoms with Crippen LogP contribution in [0.5, 0.6) is 0 Å². The van der Waals surface area contributed by atoms with E-state index in [0.717, 1.165) is 18.8 Å². The SMILES string of the molecule is CC(C)CCCC(C)CCCC(C)(O)C(O)Cn1ccnc1. The third-order valence-corrected chi connectivity index (χ3v) is 4.52. The first-order valence-electron chi connectivity index (χ1n) is 8.67. The third-order valence-electron chi connectivity index (χ3n) is 4.52. The van der Waals surface area contributed by atoms with Gasteiger partial charge >= 0.3 is 0 Å². The van der Waals surface area contributed by atoms with Crippen LogP contribution in [-0.4, -0.2) is 31.5 Å². The summed E-state index contributed by atoms with van der Waals surface area (Å²) in [6.45, 7) is 8.94. The molecule has 0 aromatic carbocycles. The van der Waals surface area contributed by atoms with E-state index >= 15 is 0 Å². The maximum Gasteiger partial charge on any atom is 0.100 e. The lowest BCUT2D eigenvalue weighted by molar-refractivity contribution is -0.0752. The van der Waals surface area contributed by atoms with E-state index in [1.54, 1.807) is 30.2 Å². The van der Waals surface area contributed by atoms with Crippen molar-refractivity contribution in [3.05, 3.63) is 18.7 Å². The van der Waals surface area contributed by atoms with Gasteiger partial charge in [-0.15, -0.1) is 0 Å². The topological polar surface area (TPSA) is 58.3 Å². The van der Waals surface area contributed by atoms with Crippen molar-refractivity contribution < 1.29 is 10.2 Å². The Morgan fingerprint density at radius 2 is 1.82 bits per heavy atom. The number of hydrogen-bond acceptors (Lipinski definition) is 3. The number of rotatable bonds is 11. The molecule has 0 aliphatic rings. The van der Waals surface area contributed by atoms with Crippen molar-refractivity contribution >= 4 is 0 Å². The van der Waals surface area contributed by atoms with E-state index in [-0.39, 0.29) is 0 Å². The van der Waals surface area contributed by atoms with Gasteiger partial charge in [0.25, 0.3) is 0 Å². The van der Waals surface area contributed by atoms with Crippen LogP contribution in [0.3, 0.4) is 0 Å². The maximum absolute atomic E-state index is 10.5. The molecular formula is C18H34N2O2. The van der Waals surface area contributed by atoms with Crippen LogP contribution in [0.2, 0.25) is 0 Å². The zero-order valence-electron chi connectivity index (χ0n) is 14.7. The molecular weight excluding hydrogens is 276 g/mol. The maximum atomic E-state index is 10.5. The number of nitrogens with zero attached hydrogens (tertiary/aromatic N) is 2. The van der Waals surface area contributed by atoms with Gasteiger partial charge in [-0.25, -0.2) is 4.98 Å². The van der Waals surface area contributed by atoms with Gasteiger partial charge in [-0.05, 0) is 25.2 Å². The van der Waals surface area contributed by atoms with Crippen LogP contribution in [-0.2, 0) is 6.54 Å². The number of aromatic nitrogens is 2. The predicted octanol–water partition coefficient (Wildman–Crippen LogP) is 3.63. The molecule has 0 saturated carbocycles. The Labute approximate surface area is 135 Å². The highest BCUT2D eigenvalue weighted by molar-refractivity contribution is 4.85. The van der Waals surface area contributed by atoms with Crippen molar-refractivity contribution in [2.75, 3.05) is 0 Å². The highest BCUT2D eigenvalue weighted by Crippen LogP contribution is 2.23. The fourth-order valence-electron chi connectivity index (χ4n) is 2.79. The summed E-state index contributed by atoms with van der Waals surface area (Å²) in [6, 6.07) is 0. The lowest BCUT2D eigenvalue weighted by Gasteiger charge is -2.29. The van der Waals surface area contributed by atoms with Crippen molar-refractivity contribution in [2.45, 2.75) is 84.5 Å². The summed E-state index contributed by atoms with van der Waals surface area (Å²) in [4.78, 5) is 3.95. The molecule has 0 spiro atoms. The predicted molar refractivity (Wildman–Crippen MR) is 90.6 cm³/mol. The Hall–Kier alpha value is -0.870. The minimum Gasteiger partial charge on any atom is -0.388 e. The molecule has 2 N–H and O–H groups in total. The van der Waals surface area contributed by atoms with Crippen LogP contribution in [0, 0.1) is 11.8 Å². The summed E-state index contributed by atoms with van der Waals surface area (Å²) in [5, 5.41) is 20.7. The first kappa shape index (κ1) is 19.2. The van der Waals surface area contributed by atoms with Crippen LogP contribution >= 0.6 is 0 Å². The van der Waals surface area contributed by atoms with E-state index in [1.165, 1.54) is 19.3 Å². The Bertz CT molecular complexity index is 388. The quantitative estimate of drug-likeness (QED) is 0.656. The molecule has 0 amide bonds. The van der Waals surface area contributed by atoms with E-state index in [4.69, 9.17) is 0 Å². The minimum atomic E-state index is -1.04. The van der Waals surface area contributed by atoms with E-state index < -0.39 is 11.7 Å². The highest BCUT2D eigenvalue weighted by atomic mass is 16.3. The van der Waals surface area contributed by atoms with Crippen molar-refractivity contribution in [1.29, 1.82) is 0 Å². The van der Waals surface area contributed by atoms with E-state index in [9.17, 15) is 10.2 Å². The number of aliphatic hydroxyl groups is 2. The van der Waals surface area contributed by atoms with Crippen molar-refractivity contribution in [3.8, 4) is 0 Å². The van der Waals surface area contributed by atoms with E-state index in [2.05, 4.69) is 25.8 Å². The summed E-state index contributed by atoms with van der Waals surface area (Å²) in [7, 11) is 0. The Balaban J connectivity index is 2.23. The third kappa shape index (κ3) is 7.41. The van der Waals surface area contributed by atoms with Gasteiger partial charge in [0.05, 0.1) is 18.5 Å². The molecule has 4 nitrogen and oxygen atoms in total. The van der Waals surface area contributed by atoms with Gasteiger partial charge in [0.1, 0.15) is 6.10 Å². The molecule has 0 radical (unpaired) electrons. The lowest BCUT2D eigenvalue weighted by Crippen LogP contribution is -2.41. The Morgan fingerprint density at radius 3 is 2.41 bits per heavy atom. The van der Waals surface area contributed by atoms with E-state index in [1.807, 2.05) is 0 Å². The second-order valence-corrected chi connectivity index (χ2v) is 7.45. The van der Waals surface area contributed by atoms with Gasteiger partial charge in [0.15, 0.2) is 0 Å². The normalized spacial score (nSPS) is 17.4. The number of hydrogen-bond donors (Lipinski definition) is 2. The second-order valence-electron chi connectivity index (χ2n) is 7.45. The fraction of sp³-hybridized carbons (Fsp3) is 0.833. The zero-order chi connectivity index (χ0) is 16.6. The van der Waals surface area contributed by atoms with Gasteiger partial charge in [-0.3, -0.25) is 0 Å². The van der Waals surface area contributed by atoms with Crippen LogP contribution in [0.1, 0.15) is 66.2 Å². The Morgan fingerprint density at radius 1 is 1.14 bits per heavy atom. The van der Waals surface area contributed by atoms with Gasteiger partial charge in [-0.2, -0.15) is 0 Å². The molecule has 3 unspecified atom stereocenters.